The maximum Gasteiger partial charge on any atom is 0.303 e. The first-order valence-corrected chi connectivity index (χ1v) is 7.32. The number of nitrogens with zero attached hydrogens (tertiary/aromatic N) is 2. The monoisotopic (exact) mass is 324 g/mol. The largest absolute Gasteiger partial charge is 0.497 e. The van der Waals surface area contributed by atoms with Crippen molar-refractivity contribution in [1.82, 2.24) is 4.98 Å². The van der Waals surface area contributed by atoms with E-state index in [1.165, 1.54) is 0 Å². The lowest BCUT2D eigenvalue weighted by molar-refractivity contribution is -0.382. The summed E-state index contributed by atoms with van der Waals surface area (Å²) in [6.45, 7) is 1.83. The number of rotatable bonds is 4. The minimum absolute atomic E-state index is 0.0107. The molecule has 3 aromatic rings. The molecule has 0 atom stereocenters. The molecule has 6 nitrogen and oxygen atoms in total. The van der Waals surface area contributed by atoms with Crippen molar-refractivity contribution in [2.75, 3.05) is 14.2 Å². The number of pyridine rings is 1. The van der Waals surface area contributed by atoms with E-state index in [0.717, 1.165) is 0 Å². The summed E-state index contributed by atoms with van der Waals surface area (Å²) < 4.78 is 10.3. The van der Waals surface area contributed by atoms with E-state index in [1.807, 2.05) is 6.92 Å². The van der Waals surface area contributed by atoms with E-state index in [0.29, 0.717) is 39.2 Å². The zero-order valence-corrected chi connectivity index (χ0v) is 13.6. The van der Waals surface area contributed by atoms with Gasteiger partial charge in [0.1, 0.15) is 17.2 Å². The van der Waals surface area contributed by atoms with E-state index in [4.69, 9.17) is 9.47 Å². The highest BCUT2D eigenvalue weighted by molar-refractivity contribution is 5.98. The Kier molecular flexibility index (Phi) is 4.04. The zero-order valence-electron chi connectivity index (χ0n) is 13.6. The van der Waals surface area contributed by atoms with Crippen molar-refractivity contribution < 1.29 is 14.4 Å². The Hall–Kier alpha value is -3.15. The number of aromatic nitrogens is 1. The van der Waals surface area contributed by atoms with Crippen molar-refractivity contribution in [3.8, 4) is 22.8 Å². The molecular formula is C18H16N2O4. The molecule has 0 saturated carbocycles. The normalized spacial score (nSPS) is 10.6. The van der Waals surface area contributed by atoms with Gasteiger partial charge in [0.15, 0.2) is 0 Å². The van der Waals surface area contributed by atoms with Crippen LogP contribution in [0.4, 0.5) is 5.69 Å². The lowest BCUT2D eigenvalue weighted by atomic mass is 10.0. The van der Waals surface area contributed by atoms with Crippen LogP contribution in [-0.4, -0.2) is 24.1 Å². The highest BCUT2D eigenvalue weighted by Gasteiger charge is 2.23. The van der Waals surface area contributed by atoms with Crippen LogP contribution in [0.5, 0.6) is 11.5 Å². The molecule has 0 aliphatic heterocycles. The molecule has 0 spiro atoms. The maximum absolute atomic E-state index is 11.7. The summed E-state index contributed by atoms with van der Waals surface area (Å²) in [6.07, 6.45) is 0. The van der Waals surface area contributed by atoms with Gasteiger partial charge in [-0.3, -0.25) is 10.1 Å². The molecule has 0 radical (unpaired) electrons. The summed E-state index contributed by atoms with van der Waals surface area (Å²) in [5, 5.41) is 13.0. The number of hydrogen-bond acceptors (Lipinski definition) is 5. The molecule has 122 valence electrons. The van der Waals surface area contributed by atoms with Gasteiger partial charge in [-0.05, 0) is 49.4 Å². The smallest absolute Gasteiger partial charge is 0.303 e. The van der Waals surface area contributed by atoms with Gasteiger partial charge in [0.2, 0.25) is 0 Å². The van der Waals surface area contributed by atoms with E-state index in [-0.39, 0.29) is 10.6 Å². The zero-order chi connectivity index (χ0) is 17.3. The van der Waals surface area contributed by atoms with Crippen LogP contribution < -0.4 is 9.47 Å². The average Bonchev–Trinajstić information content (AvgIpc) is 2.61. The molecule has 1 aromatic heterocycles. The van der Waals surface area contributed by atoms with Crippen LogP contribution in [0.25, 0.3) is 22.0 Å². The van der Waals surface area contributed by atoms with Crippen LogP contribution in [0.15, 0.2) is 42.5 Å². The van der Waals surface area contributed by atoms with Gasteiger partial charge in [-0.1, -0.05) is 0 Å². The Morgan fingerprint density at radius 2 is 1.58 bits per heavy atom. The molecule has 0 aliphatic rings. The van der Waals surface area contributed by atoms with Crippen molar-refractivity contribution in [3.05, 3.63) is 58.3 Å². The summed E-state index contributed by atoms with van der Waals surface area (Å²) in [5.41, 5.74) is 1.71. The van der Waals surface area contributed by atoms with Crippen molar-refractivity contribution in [2.45, 2.75) is 6.92 Å². The third-order valence-corrected chi connectivity index (χ3v) is 3.92. The van der Waals surface area contributed by atoms with E-state index in [9.17, 15) is 10.1 Å². The van der Waals surface area contributed by atoms with Gasteiger partial charge >= 0.3 is 5.69 Å². The fraction of sp³-hybridized carbons (Fsp3) is 0.167. The average molecular weight is 324 g/mol. The molecule has 0 bridgehead atoms. The van der Waals surface area contributed by atoms with Gasteiger partial charge in [0.05, 0.1) is 24.5 Å². The predicted octanol–water partition coefficient (Wildman–Crippen LogP) is 4.14. The molecule has 0 unspecified atom stereocenters. The van der Waals surface area contributed by atoms with Gasteiger partial charge in [0.25, 0.3) is 0 Å². The number of ether oxygens (including phenoxy) is 2. The number of nitro groups is 1. The van der Waals surface area contributed by atoms with E-state index >= 15 is 0 Å². The number of hydrogen-bond donors (Lipinski definition) is 0. The van der Waals surface area contributed by atoms with E-state index in [1.54, 1.807) is 56.7 Å². The molecule has 1 heterocycles. The lowest BCUT2D eigenvalue weighted by Crippen LogP contribution is -1.99. The Bertz CT molecular complexity index is 920. The van der Waals surface area contributed by atoms with Crippen LogP contribution in [-0.2, 0) is 0 Å². The Morgan fingerprint density at radius 3 is 2.17 bits per heavy atom. The second-order valence-electron chi connectivity index (χ2n) is 5.29. The van der Waals surface area contributed by atoms with Gasteiger partial charge in [-0.15, -0.1) is 0 Å². The first-order chi connectivity index (χ1) is 11.5. The number of aryl methyl sites for hydroxylation is 1. The quantitative estimate of drug-likeness (QED) is 0.533. The summed E-state index contributed by atoms with van der Waals surface area (Å²) >= 11 is 0. The van der Waals surface area contributed by atoms with Gasteiger partial charge in [-0.2, -0.15) is 0 Å². The van der Waals surface area contributed by atoms with E-state index in [2.05, 4.69) is 4.98 Å². The molecule has 3 rings (SSSR count). The highest BCUT2D eigenvalue weighted by Crippen LogP contribution is 2.37. The minimum Gasteiger partial charge on any atom is -0.497 e. The van der Waals surface area contributed by atoms with Gasteiger partial charge in [-0.25, -0.2) is 4.98 Å². The fourth-order valence-corrected chi connectivity index (χ4v) is 2.70. The molecule has 0 aliphatic carbocycles. The lowest BCUT2D eigenvalue weighted by Gasteiger charge is -2.10. The second-order valence-corrected chi connectivity index (χ2v) is 5.29. The predicted molar refractivity (Wildman–Crippen MR) is 91.7 cm³/mol. The summed E-state index contributed by atoms with van der Waals surface area (Å²) in [6, 6.07) is 12.2. The van der Waals surface area contributed by atoms with Crippen LogP contribution in [0.2, 0.25) is 0 Å². The highest BCUT2D eigenvalue weighted by atomic mass is 16.6. The summed E-state index contributed by atoms with van der Waals surface area (Å²) in [5.74, 6) is 1.32. The standard InChI is InChI=1S/C18H16N2O4/c1-11-16-10-14(24-3)8-9-15(16)18(20(21)22)17(19-11)12-4-6-13(23-2)7-5-12/h4-10H,1-3H3. The van der Waals surface area contributed by atoms with Crippen molar-refractivity contribution in [1.29, 1.82) is 0 Å². The number of methoxy groups -OCH3 is 2. The molecule has 6 heteroatoms. The van der Waals surface area contributed by atoms with Crippen LogP contribution >= 0.6 is 0 Å². The molecule has 0 saturated heterocycles. The van der Waals surface area contributed by atoms with E-state index < -0.39 is 0 Å². The molecule has 2 aromatic carbocycles. The molecule has 0 fully saturated rings. The van der Waals surface area contributed by atoms with Crippen LogP contribution in [0, 0.1) is 17.0 Å². The number of benzene rings is 2. The third kappa shape index (κ3) is 2.62. The SMILES string of the molecule is COc1ccc(-c2nc(C)c3cc(OC)ccc3c2[N+](=O)[O-])cc1. The van der Waals surface area contributed by atoms with Gasteiger partial charge < -0.3 is 9.47 Å². The molecule has 0 amide bonds. The second kappa shape index (κ2) is 6.16. The Balaban J connectivity index is 2.31. The first kappa shape index (κ1) is 15.7. The topological polar surface area (TPSA) is 74.5 Å². The number of fused-ring (bicyclic) bond motifs is 1. The van der Waals surface area contributed by atoms with Crippen molar-refractivity contribution in [2.24, 2.45) is 0 Å². The summed E-state index contributed by atoms with van der Waals surface area (Å²) in [4.78, 5) is 15.8. The van der Waals surface area contributed by atoms with Crippen molar-refractivity contribution >= 4 is 16.5 Å². The maximum atomic E-state index is 11.7. The fourth-order valence-electron chi connectivity index (χ4n) is 2.70. The van der Waals surface area contributed by atoms with Crippen LogP contribution in [0.1, 0.15) is 5.69 Å². The van der Waals surface area contributed by atoms with Crippen LogP contribution in [0.3, 0.4) is 0 Å². The summed E-state index contributed by atoms with van der Waals surface area (Å²) in [7, 11) is 3.13. The molecule has 24 heavy (non-hydrogen) atoms. The third-order valence-electron chi connectivity index (χ3n) is 3.92. The van der Waals surface area contributed by atoms with Crippen molar-refractivity contribution in [3.63, 3.8) is 0 Å². The minimum atomic E-state index is -0.388. The Labute approximate surface area is 138 Å². The molecular weight excluding hydrogens is 308 g/mol. The van der Waals surface area contributed by atoms with Gasteiger partial charge in [0, 0.05) is 16.6 Å². The molecule has 0 N–H and O–H groups in total. The first-order valence-electron chi connectivity index (χ1n) is 7.32. The Morgan fingerprint density at radius 1 is 0.958 bits per heavy atom.